The molecule has 2 aromatic heterocycles. The number of nitrogens with zero attached hydrogens (tertiary/aromatic N) is 3. The number of amides is 1. The molecule has 1 amide bonds. The SMILES string of the molecule is CC(C)C(=O)Nc1nc2c(ncn2[C@]2(C3OC[C@@H](O)[C@@H](O)[C@@H]3O)O[C@H](CO)[C@@H](O)[C@H]2O)c(=O)[nH]1. The molecule has 2 aromatic rings. The van der Waals surface area contributed by atoms with Crippen LogP contribution in [-0.4, -0.2) is 112 Å². The minimum absolute atomic E-state index is 0.218. The molecule has 15 nitrogen and oxygen atoms in total. The van der Waals surface area contributed by atoms with Crippen molar-refractivity contribution < 1.29 is 44.9 Å². The highest BCUT2D eigenvalue weighted by molar-refractivity contribution is 5.91. The number of aliphatic hydroxyl groups is 6. The molecule has 8 atom stereocenters. The second-order valence-electron chi connectivity index (χ2n) is 8.67. The van der Waals surface area contributed by atoms with Gasteiger partial charge in [-0.1, -0.05) is 13.8 Å². The lowest BCUT2D eigenvalue weighted by atomic mass is 9.87. The molecule has 0 aliphatic carbocycles. The number of rotatable bonds is 5. The molecule has 8 N–H and O–H groups in total. The molecule has 2 saturated heterocycles. The molecule has 0 saturated carbocycles. The maximum atomic E-state index is 12.6. The van der Waals surface area contributed by atoms with E-state index in [-0.39, 0.29) is 17.1 Å². The highest BCUT2D eigenvalue weighted by Gasteiger charge is 2.64. The van der Waals surface area contributed by atoms with Crippen molar-refractivity contribution >= 4 is 23.0 Å². The van der Waals surface area contributed by atoms with Crippen LogP contribution in [0.2, 0.25) is 0 Å². The lowest BCUT2D eigenvalue weighted by molar-refractivity contribution is -0.286. The van der Waals surface area contributed by atoms with Crippen molar-refractivity contribution in [2.45, 2.75) is 62.3 Å². The number of aliphatic hydroxyl groups excluding tert-OH is 6. The van der Waals surface area contributed by atoms with Gasteiger partial charge in [-0.25, -0.2) is 4.98 Å². The molecule has 2 aliphatic rings. The molecule has 0 spiro atoms. The Bertz CT molecular complexity index is 1120. The van der Waals surface area contributed by atoms with Crippen molar-refractivity contribution in [1.82, 2.24) is 19.5 Å². The Balaban J connectivity index is 1.91. The minimum Gasteiger partial charge on any atom is -0.394 e. The maximum Gasteiger partial charge on any atom is 0.280 e. The predicted molar refractivity (Wildman–Crippen MR) is 111 cm³/mol. The van der Waals surface area contributed by atoms with E-state index in [2.05, 4.69) is 20.3 Å². The summed E-state index contributed by atoms with van der Waals surface area (Å²) in [5.41, 5.74) is -3.44. The number of imidazole rings is 1. The Kier molecular flexibility index (Phi) is 6.47. The molecule has 1 unspecified atom stereocenters. The maximum absolute atomic E-state index is 12.6. The highest BCUT2D eigenvalue weighted by Crippen LogP contribution is 2.43. The summed E-state index contributed by atoms with van der Waals surface area (Å²) in [7, 11) is 0. The third-order valence-corrected chi connectivity index (χ3v) is 6.11. The standard InChI is InChI=1S/C19H27N5O10/c1-6(2)16(31)22-18-21-15-9(17(32)23-18)20-5-24(15)19(13(30)11(28)8(3-25)34-19)14-12(29)10(27)7(26)4-33-14/h5-8,10-14,25-30H,3-4H2,1-2H3,(H2,21,22,23,31,32)/t7-,8-,10-,11-,12+,13-,14?,19+/m1/s1. The van der Waals surface area contributed by atoms with E-state index in [1.165, 1.54) is 0 Å². The summed E-state index contributed by atoms with van der Waals surface area (Å²) in [6.07, 6.45) is -10.5. The predicted octanol–water partition coefficient (Wildman–Crippen LogP) is -4.04. The van der Waals surface area contributed by atoms with Crippen molar-refractivity contribution in [2.24, 2.45) is 5.92 Å². The first-order chi connectivity index (χ1) is 16.0. The average Bonchev–Trinajstić information content (AvgIpc) is 3.33. The summed E-state index contributed by atoms with van der Waals surface area (Å²) in [5.74, 6) is -1.11. The molecule has 188 valence electrons. The molecular weight excluding hydrogens is 458 g/mol. The molecule has 0 aromatic carbocycles. The van der Waals surface area contributed by atoms with Gasteiger partial charge in [-0.2, -0.15) is 4.98 Å². The van der Waals surface area contributed by atoms with E-state index in [0.717, 1.165) is 10.9 Å². The van der Waals surface area contributed by atoms with Crippen LogP contribution in [0.5, 0.6) is 0 Å². The van der Waals surface area contributed by atoms with Crippen molar-refractivity contribution in [2.75, 3.05) is 18.5 Å². The number of anilines is 1. The van der Waals surface area contributed by atoms with Crippen molar-refractivity contribution in [3.05, 3.63) is 16.7 Å². The number of carbonyl (C=O) groups excluding carboxylic acids is 1. The molecule has 34 heavy (non-hydrogen) atoms. The Morgan fingerprint density at radius 2 is 1.97 bits per heavy atom. The average molecular weight is 485 g/mol. The van der Waals surface area contributed by atoms with E-state index >= 15 is 0 Å². The van der Waals surface area contributed by atoms with Crippen molar-refractivity contribution in [3.63, 3.8) is 0 Å². The van der Waals surface area contributed by atoms with Crippen LogP contribution in [0.3, 0.4) is 0 Å². The first-order valence-electron chi connectivity index (χ1n) is 10.6. The van der Waals surface area contributed by atoms with Gasteiger partial charge in [0.2, 0.25) is 17.6 Å². The van der Waals surface area contributed by atoms with Crippen LogP contribution in [0.1, 0.15) is 13.8 Å². The number of carbonyl (C=O) groups is 1. The van der Waals surface area contributed by atoms with Gasteiger partial charge < -0.3 is 40.1 Å². The van der Waals surface area contributed by atoms with Crippen LogP contribution in [0.4, 0.5) is 5.95 Å². The van der Waals surface area contributed by atoms with Gasteiger partial charge in [0.15, 0.2) is 11.2 Å². The Morgan fingerprint density at radius 1 is 1.26 bits per heavy atom. The third kappa shape index (κ3) is 3.70. The molecule has 0 radical (unpaired) electrons. The van der Waals surface area contributed by atoms with Crippen LogP contribution in [0, 0.1) is 5.92 Å². The van der Waals surface area contributed by atoms with E-state index in [9.17, 15) is 40.2 Å². The van der Waals surface area contributed by atoms with Crippen LogP contribution < -0.4 is 10.9 Å². The highest BCUT2D eigenvalue weighted by atomic mass is 16.6. The fraction of sp³-hybridized carbons (Fsp3) is 0.684. The molecule has 4 heterocycles. The van der Waals surface area contributed by atoms with Crippen LogP contribution in [-0.2, 0) is 20.0 Å². The number of H-pyrrole nitrogens is 1. The number of fused-ring (bicyclic) bond motifs is 1. The van der Waals surface area contributed by atoms with Gasteiger partial charge in [0.05, 0.1) is 19.5 Å². The largest absolute Gasteiger partial charge is 0.394 e. The monoisotopic (exact) mass is 485 g/mol. The number of hydrogen-bond donors (Lipinski definition) is 8. The quantitative estimate of drug-likeness (QED) is 0.202. The van der Waals surface area contributed by atoms with E-state index in [4.69, 9.17) is 9.47 Å². The lowest BCUT2D eigenvalue weighted by Crippen LogP contribution is -2.65. The molecule has 0 bridgehead atoms. The summed E-state index contributed by atoms with van der Waals surface area (Å²) in [4.78, 5) is 35.3. The smallest absolute Gasteiger partial charge is 0.280 e. The molecule has 2 fully saturated rings. The zero-order chi connectivity index (χ0) is 24.9. The topological polar surface area (TPSA) is 233 Å². The lowest BCUT2D eigenvalue weighted by Gasteiger charge is -2.46. The second kappa shape index (κ2) is 8.94. The van der Waals surface area contributed by atoms with E-state index in [1.54, 1.807) is 13.8 Å². The third-order valence-electron chi connectivity index (χ3n) is 6.11. The number of hydrogen-bond acceptors (Lipinski definition) is 12. The summed E-state index contributed by atoms with van der Waals surface area (Å²) >= 11 is 0. The van der Waals surface area contributed by atoms with Crippen molar-refractivity contribution in [3.8, 4) is 0 Å². The van der Waals surface area contributed by atoms with Gasteiger partial charge in [-0.15, -0.1) is 0 Å². The molecular formula is C19H27N5O10. The summed E-state index contributed by atoms with van der Waals surface area (Å²) in [6, 6.07) is 0. The van der Waals surface area contributed by atoms with Gasteiger partial charge in [0, 0.05) is 5.92 Å². The zero-order valence-corrected chi connectivity index (χ0v) is 18.3. The van der Waals surface area contributed by atoms with E-state index in [1.807, 2.05) is 0 Å². The molecule has 15 heteroatoms. The second-order valence-corrected chi connectivity index (χ2v) is 8.67. The van der Waals surface area contributed by atoms with E-state index in [0.29, 0.717) is 0 Å². The summed E-state index contributed by atoms with van der Waals surface area (Å²) in [5, 5.41) is 64.5. The molecule has 4 rings (SSSR count). The number of aromatic nitrogens is 4. The number of ether oxygens (including phenoxy) is 2. The minimum atomic E-state index is -2.25. The summed E-state index contributed by atoms with van der Waals surface area (Å²) in [6.45, 7) is 2.07. The van der Waals surface area contributed by atoms with Crippen LogP contribution in [0.15, 0.2) is 11.1 Å². The number of nitrogens with one attached hydrogen (secondary N) is 2. The van der Waals surface area contributed by atoms with Gasteiger partial charge in [0.1, 0.15) is 42.7 Å². The van der Waals surface area contributed by atoms with E-state index < -0.39 is 79.1 Å². The van der Waals surface area contributed by atoms with Gasteiger partial charge in [-0.3, -0.25) is 24.5 Å². The zero-order valence-electron chi connectivity index (χ0n) is 18.3. The van der Waals surface area contributed by atoms with Crippen molar-refractivity contribution in [1.29, 1.82) is 0 Å². The fourth-order valence-corrected chi connectivity index (χ4v) is 4.20. The van der Waals surface area contributed by atoms with Crippen LogP contribution in [0.25, 0.3) is 11.2 Å². The first kappa shape index (κ1) is 24.6. The first-order valence-corrected chi connectivity index (χ1v) is 10.6. The number of aromatic amines is 1. The Morgan fingerprint density at radius 3 is 2.59 bits per heavy atom. The van der Waals surface area contributed by atoms with Gasteiger partial charge in [0.25, 0.3) is 5.56 Å². The normalized spacial score (nSPS) is 36.3. The Labute approximate surface area is 191 Å². The molecule has 2 aliphatic heterocycles. The summed E-state index contributed by atoms with van der Waals surface area (Å²) < 4.78 is 12.4. The van der Waals surface area contributed by atoms with Gasteiger partial charge >= 0.3 is 0 Å². The van der Waals surface area contributed by atoms with Crippen LogP contribution >= 0.6 is 0 Å². The Hall–Kier alpha value is -2.50. The fourth-order valence-electron chi connectivity index (χ4n) is 4.20. The van der Waals surface area contributed by atoms with Gasteiger partial charge in [-0.05, 0) is 0 Å².